The third-order valence-corrected chi connectivity index (χ3v) is 3.23. The van der Waals surface area contributed by atoms with Gasteiger partial charge in [-0.05, 0) is 37.0 Å². The van der Waals surface area contributed by atoms with E-state index in [0.29, 0.717) is 5.92 Å². The highest BCUT2D eigenvalue weighted by Crippen LogP contribution is 2.18. The Morgan fingerprint density at radius 3 is 2.58 bits per heavy atom. The fraction of sp³-hybridized carbons (Fsp3) is 0.375. The number of nitrogens with one attached hydrogen (secondary N) is 1. The number of aryl methyl sites for hydroxylation is 1. The molecule has 2 aromatic rings. The molecule has 2 rings (SSSR count). The van der Waals surface area contributed by atoms with Crippen LogP contribution in [0, 0.1) is 6.92 Å². The first kappa shape index (κ1) is 13.8. The van der Waals surface area contributed by atoms with Crippen LogP contribution in [0.3, 0.4) is 0 Å². The number of rotatable bonds is 7. The zero-order valence-corrected chi connectivity index (χ0v) is 11.3. The summed E-state index contributed by atoms with van der Waals surface area (Å²) in [5.41, 5.74) is 1.26. The second-order valence-corrected chi connectivity index (χ2v) is 4.76. The van der Waals surface area contributed by atoms with Crippen molar-refractivity contribution in [2.24, 2.45) is 0 Å². The first-order valence-corrected chi connectivity index (χ1v) is 6.71. The van der Waals surface area contributed by atoms with Crippen molar-refractivity contribution in [3.8, 4) is 0 Å². The molecule has 102 valence electrons. The zero-order valence-electron chi connectivity index (χ0n) is 11.3. The van der Waals surface area contributed by atoms with E-state index in [9.17, 15) is 5.11 Å². The smallest absolute Gasteiger partial charge is 0.117 e. The van der Waals surface area contributed by atoms with Gasteiger partial charge in [-0.2, -0.15) is 0 Å². The molecule has 0 saturated heterocycles. The molecule has 0 saturated carbocycles. The Labute approximate surface area is 114 Å². The van der Waals surface area contributed by atoms with Crippen LogP contribution in [0.25, 0.3) is 0 Å². The maximum Gasteiger partial charge on any atom is 0.117 e. The third-order valence-electron chi connectivity index (χ3n) is 3.23. The number of hydrogen-bond acceptors (Lipinski definition) is 3. The van der Waals surface area contributed by atoms with Crippen molar-refractivity contribution in [2.45, 2.75) is 25.8 Å². The lowest BCUT2D eigenvalue weighted by Crippen LogP contribution is -2.21. The molecule has 3 nitrogen and oxygen atoms in total. The van der Waals surface area contributed by atoms with E-state index in [2.05, 4.69) is 17.4 Å². The molecule has 2 N–H and O–H groups in total. The molecule has 0 fully saturated rings. The summed E-state index contributed by atoms with van der Waals surface area (Å²) in [5, 5.41) is 12.6. The van der Waals surface area contributed by atoms with Gasteiger partial charge in [0, 0.05) is 13.2 Å². The Morgan fingerprint density at radius 1 is 1.16 bits per heavy atom. The molecule has 0 aliphatic rings. The highest BCUT2D eigenvalue weighted by Gasteiger charge is 2.10. The van der Waals surface area contributed by atoms with Gasteiger partial charge in [0.1, 0.15) is 11.5 Å². The van der Waals surface area contributed by atoms with Gasteiger partial charge in [0.2, 0.25) is 0 Å². The summed E-state index contributed by atoms with van der Waals surface area (Å²) >= 11 is 0. The van der Waals surface area contributed by atoms with E-state index in [1.54, 1.807) is 0 Å². The lowest BCUT2D eigenvalue weighted by Gasteiger charge is -2.16. The Balaban J connectivity index is 1.87. The van der Waals surface area contributed by atoms with Crippen LogP contribution >= 0.6 is 0 Å². The highest BCUT2D eigenvalue weighted by molar-refractivity contribution is 5.19. The fourth-order valence-corrected chi connectivity index (χ4v) is 2.22. The van der Waals surface area contributed by atoms with E-state index in [0.717, 1.165) is 31.0 Å². The Bertz CT molecular complexity index is 479. The standard InChI is InChI=1S/C16H21NO2/c1-13-7-8-16(19-13)12-17-11-15(9-10-18)14-5-3-2-4-6-14/h2-8,15,17-18H,9-12H2,1H3. The van der Waals surface area contributed by atoms with Crippen LogP contribution in [0.4, 0.5) is 0 Å². The van der Waals surface area contributed by atoms with Crippen LogP contribution in [0.1, 0.15) is 29.4 Å². The molecule has 0 amide bonds. The SMILES string of the molecule is Cc1ccc(CNCC(CCO)c2ccccc2)o1. The van der Waals surface area contributed by atoms with Gasteiger partial charge in [-0.25, -0.2) is 0 Å². The first-order chi connectivity index (χ1) is 9.29. The van der Waals surface area contributed by atoms with Crippen molar-refractivity contribution in [3.05, 3.63) is 59.5 Å². The monoisotopic (exact) mass is 259 g/mol. The number of aliphatic hydroxyl groups excluding tert-OH is 1. The molecular formula is C16H21NO2. The number of benzene rings is 1. The van der Waals surface area contributed by atoms with Crippen molar-refractivity contribution in [1.82, 2.24) is 5.32 Å². The summed E-state index contributed by atoms with van der Waals surface area (Å²) in [7, 11) is 0. The van der Waals surface area contributed by atoms with E-state index >= 15 is 0 Å². The summed E-state index contributed by atoms with van der Waals surface area (Å²) in [6.07, 6.45) is 0.772. The van der Waals surface area contributed by atoms with Crippen LogP contribution in [-0.4, -0.2) is 18.3 Å². The van der Waals surface area contributed by atoms with Gasteiger partial charge in [-0.3, -0.25) is 0 Å². The van der Waals surface area contributed by atoms with E-state index in [4.69, 9.17) is 4.42 Å². The molecule has 3 heteroatoms. The molecule has 0 radical (unpaired) electrons. The highest BCUT2D eigenvalue weighted by atomic mass is 16.3. The normalized spacial score (nSPS) is 12.5. The minimum atomic E-state index is 0.209. The molecule has 0 bridgehead atoms. The molecule has 0 spiro atoms. The molecule has 0 aliphatic heterocycles. The van der Waals surface area contributed by atoms with Gasteiger partial charge in [0.05, 0.1) is 6.54 Å². The molecule has 19 heavy (non-hydrogen) atoms. The Hall–Kier alpha value is -1.58. The van der Waals surface area contributed by atoms with Crippen molar-refractivity contribution < 1.29 is 9.52 Å². The first-order valence-electron chi connectivity index (χ1n) is 6.71. The minimum absolute atomic E-state index is 0.209. The van der Waals surface area contributed by atoms with Crippen LogP contribution in [0.2, 0.25) is 0 Å². The van der Waals surface area contributed by atoms with Crippen molar-refractivity contribution >= 4 is 0 Å². The molecule has 1 atom stereocenters. The summed E-state index contributed by atoms with van der Waals surface area (Å²) in [4.78, 5) is 0. The molecule has 1 unspecified atom stereocenters. The maximum absolute atomic E-state index is 9.17. The van der Waals surface area contributed by atoms with Crippen molar-refractivity contribution in [2.75, 3.05) is 13.2 Å². The molecule has 1 aromatic heterocycles. The van der Waals surface area contributed by atoms with E-state index in [1.165, 1.54) is 5.56 Å². The van der Waals surface area contributed by atoms with Gasteiger partial charge in [-0.15, -0.1) is 0 Å². The van der Waals surface area contributed by atoms with Crippen molar-refractivity contribution in [1.29, 1.82) is 0 Å². The number of aliphatic hydroxyl groups is 1. The lowest BCUT2D eigenvalue weighted by molar-refractivity contribution is 0.273. The van der Waals surface area contributed by atoms with E-state index < -0.39 is 0 Å². The second kappa shape index (κ2) is 7.12. The number of furan rings is 1. The van der Waals surface area contributed by atoms with Crippen LogP contribution in [-0.2, 0) is 6.54 Å². The van der Waals surface area contributed by atoms with E-state index in [-0.39, 0.29) is 6.61 Å². The second-order valence-electron chi connectivity index (χ2n) is 4.76. The predicted octanol–water partition coefficient (Wildman–Crippen LogP) is 2.84. The third kappa shape index (κ3) is 4.23. The topological polar surface area (TPSA) is 45.4 Å². The average Bonchev–Trinajstić information content (AvgIpc) is 2.84. The Morgan fingerprint density at radius 2 is 1.95 bits per heavy atom. The summed E-state index contributed by atoms with van der Waals surface area (Å²) < 4.78 is 5.52. The van der Waals surface area contributed by atoms with Crippen LogP contribution in [0.5, 0.6) is 0 Å². The predicted molar refractivity (Wildman–Crippen MR) is 76.0 cm³/mol. The summed E-state index contributed by atoms with van der Waals surface area (Å²) in [6, 6.07) is 14.3. The van der Waals surface area contributed by atoms with Crippen LogP contribution < -0.4 is 5.32 Å². The fourth-order valence-electron chi connectivity index (χ4n) is 2.22. The quantitative estimate of drug-likeness (QED) is 0.803. The van der Waals surface area contributed by atoms with Gasteiger partial charge in [0.25, 0.3) is 0 Å². The average molecular weight is 259 g/mol. The molecule has 1 aromatic carbocycles. The largest absolute Gasteiger partial charge is 0.465 e. The van der Waals surface area contributed by atoms with Gasteiger partial charge >= 0.3 is 0 Å². The van der Waals surface area contributed by atoms with E-state index in [1.807, 2.05) is 37.3 Å². The summed E-state index contributed by atoms with van der Waals surface area (Å²) in [5.74, 6) is 2.22. The number of hydrogen-bond donors (Lipinski definition) is 2. The molecule has 0 aliphatic carbocycles. The Kier molecular flexibility index (Phi) is 5.19. The summed E-state index contributed by atoms with van der Waals surface area (Å²) in [6.45, 7) is 3.72. The van der Waals surface area contributed by atoms with Gasteiger partial charge in [0.15, 0.2) is 0 Å². The molecule has 1 heterocycles. The molecular weight excluding hydrogens is 238 g/mol. The van der Waals surface area contributed by atoms with Gasteiger partial charge < -0.3 is 14.8 Å². The zero-order chi connectivity index (χ0) is 13.5. The van der Waals surface area contributed by atoms with Crippen molar-refractivity contribution in [3.63, 3.8) is 0 Å². The van der Waals surface area contributed by atoms with Gasteiger partial charge in [-0.1, -0.05) is 30.3 Å². The minimum Gasteiger partial charge on any atom is -0.465 e. The lowest BCUT2D eigenvalue weighted by atomic mass is 9.96. The maximum atomic E-state index is 9.17. The van der Waals surface area contributed by atoms with Crippen LogP contribution in [0.15, 0.2) is 46.9 Å².